The van der Waals surface area contributed by atoms with E-state index in [2.05, 4.69) is 20.8 Å². The van der Waals surface area contributed by atoms with E-state index in [-0.39, 0.29) is 0 Å². The highest BCUT2D eigenvalue weighted by atomic mass is 32.2. The van der Waals surface area contributed by atoms with E-state index in [0.29, 0.717) is 12.5 Å². The van der Waals surface area contributed by atoms with Crippen LogP contribution in [0.1, 0.15) is 6.42 Å². The van der Waals surface area contributed by atoms with Gasteiger partial charge in [0.1, 0.15) is 0 Å². The summed E-state index contributed by atoms with van der Waals surface area (Å²) in [4.78, 5) is 6.66. The van der Waals surface area contributed by atoms with Gasteiger partial charge in [-0.05, 0) is 18.4 Å². The fourth-order valence-electron chi connectivity index (χ4n) is 2.78. The summed E-state index contributed by atoms with van der Waals surface area (Å²) >= 11 is 0. The summed E-state index contributed by atoms with van der Waals surface area (Å²) < 4.78 is 25.9. The van der Waals surface area contributed by atoms with Gasteiger partial charge in [-0.1, -0.05) is 0 Å². The van der Waals surface area contributed by atoms with Gasteiger partial charge in [0.15, 0.2) is 0 Å². The van der Waals surface area contributed by atoms with Crippen LogP contribution in [-0.2, 0) is 17.3 Å². The maximum absolute atomic E-state index is 10.8. The molecule has 0 aromatic carbocycles. The van der Waals surface area contributed by atoms with Crippen LogP contribution in [0.3, 0.4) is 0 Å². The van der Waals surface area contributed by atoms with E-state index in [4.69, 9.17) is 5.14 Å². The number of hydrogen-bond acceptors (Lipinski definition) is 4. The summed E-state index contributed by atoms with van der Waals surface area (Å²) in [6.45, 7) is 2.26. The molecule has 3 heterocycles. The number of aryl methyl sites for hydroxylation is 1. The van der Waals surface area contributed by atoms with Gasteiger partial charge in [0.05, 0.1) is 5.52 Å². The SMILES string of the molecule is Cn1cc2nccc(N3CC(CCNS(N)(=O)=O)C3)c2c1. The average Bonchev–Trinajstić information content (AvgIpc) is 2.71. The van der Waals surface area contributed by atoms with E-state index in [1.165, 1.54) is 5.69 Å². The molecule has 0 unspecified atom stereocenters. The zero-order valence-electron chi connectivity index (χ0n) is 11.9. The fraction of sp³-hybridized carbons (Fsp3) is 0.462. The van der Waals surface area contributed by atoms with Crippen molar-refractivity contribution >= 4 is 26.8 Å². The van der Waals surface area contributed by atoms with Gasteiger partial charge in [0.2, 0.25) is 0 Å². The third-order valence-electron chi connectivity index (χ3n) is 3.81. The molecule has 0 saturated carbocycles. The molecule has 0 aliphatic carbocycles. The summed E-state index contributed by atoms with van der Waals surface area (Å²) in [5.74, 6) is 0.492. The van der Waals surface area contributed by atoms with Gasteiger partial charge in [0, 0.05) is 56.3 Å². The Morgan fingerprint density at radius 1 is 1.43 bits per heavy atom. The molecule has 1 saturated heterocycles. The van der Waals surface area contributed by atoms with Crippen LogP contribution < -0.4 is 14.8 Å². The van der Waals surface area contributed by atoms with Crippen LogP contribution in [0.15, 0.2) is 24.7 Å². The van der Waals surface area contributed by atoms with Crippen LogP contribution in [-0.4, -0.2) is 37.6 Å². The van der Waals surface area contributed by atoms with Crippen molar-refractivity contribution in [2.24, 2.45) is 18.1 Å². The Morgan fingerprint density at radius 3 is 2.90 bits per heavy atom. The highest BCUT2D eigenvalue weighted by molar-refractivity contribution is 7.87. The van der Waals surface area contributed by atoms with E-state index in [1.54, 1.807) is 0 Å². The second kappa shape index (κ2) is 5.28. The van der Waals surface area contributed by atoms with E-state index in [0.717, 1.165) is 30.4 Å². The Balaban J connectivity index is 1.60. The van der Waals surface area contributed by atoms with Gasteiger partial charge in [0.25, 0.3) is 10.2 Å². The number of nitrogens with one attached hydrogen (secondary N) is 1. The zero-order valence-corrected chi connectivity index (χ0v) is 12.7. The first kappa shape index (κ1) is 14.3. The average molecular weight is 309 g/mol. The third kappa shape index (κ3) is 3.17. The van der Waals surface area contributed by atoms with Gasteiger partial charge in [-0.25, -0.2) is 9.86 Å². The van der Waals surface area contributed by atoms with Crippen molar-refractivity contribution in [3.8, 4) is 0 Å². The van der Waals surface area contributed by atoms with E-state index < -0.39 is 10.2 Å². The molecule has 1 aliphatic heterocycles. The number of anilines is 1. The molecule has 1 aliphatic rings. The molecule has 0 amide bonds. The van der Waals surface area contributed by atoms with Crippen LogP contribution >= 0.6 is 0 Å². The van der Waals surface area contributed by atoms with Crippen LogP contribution in [0.5, 0.6) is 0 Å². The van der Waals surface area contributed by atoms with Gasteiger partial charge in [-0.15, -0.1) is 0 Å². The van der Waals surface area contributed by atoms with E-state index in [1.807, 2.05) is 30.1 Å². The molecule has 21 heavy (non-hydrogen) atoms. The highest BCUT2D eigenvalue weighted by Gasteiger charge is 2.28. The molecule has 8 heteroatoms. The van der Waals surface area contributed by atoms with Crippen LogP contribution in [0.4, 0.5) is 5.69 Å². The number of aromatic nitrogens is 2. The summed E-state index contributed by atoms with van der Waals surface area (Å²) in [6.07, 6.45) is 6.71. The van der Waals surface area contributed by atoms with E-state index in [9.17, 15) is 8.42 Å². The molecule has 2 aromatic heterocycles. The van der Waals surface area contributed by atoms with E-state index >= 15 is 0 Å². The Morgan fingerprint density at radius 2 is 2.19 bits per heavy atom. The Bertz CT molecular complexity index is 749. The summed E-state index contributed by atoms with van der Waals surface area (Å²) in [7, 11) is -1.58. The molecule has 3 rings (SSSR count). The third-order valence-corrected chi connectivity index (χ3v) is 4.42. The Hall–Kier alpha value is -1.64. The number of hydrogen-bond donors (Lipinski definition) is 2. The minimum atomic E-state index is -3.57. The van der Waals surface area contributed by atoms with Crippen LogP contribution in [0, 0.1) is 5.92 Å². The Labute approximate surface area is 123 Å². The van der Waals surface area contributed by atoms with Crippen molar-refractivity contribution in [1.29, 1.82) is 0 Å². The largest absolute Gasteiger partial charge is 0.370 e. The Kier molecular flexibility index (Phi) is 3.60. The number of pyridine rings is 1. The lowest BCUT2D eigenvalue weighted by molar-refractivity contribution is 0.385. The summed E-state index contributed by atoms with van der Waals surface area (Å²) in [6, 6.07) is 2.03. The molecule has 0 spiro atoms. The zero-order chi connectivity index (χ0) is 15.0. The lowest BCUT2D eigenvalue weighted by Gasteiger charge is -2.41. The maximum atomic E-state index is 10.8. The number of nitrogens with two attached hydrogens (primary N) is 1. The van der Waals surface area contributed by atoms with Crippen molar-refractivity contribution in [2.45, 2.75) is 6.42 Å². The topological polar surface area (TPSA) is 93.2 Å². The predicted molar refractivity (Wildman–Crippen MR) is 82.1 cm³/mol. The van der Waals surface area contributed by atoms with Gasteiger partial charge in [-0.2, -0.15) is 8.42 Å². The second-order valence-corrected chi connectivity index (χ2v) is 6.93. The molecule has 114 valence electrons. The summed E-state index contributed by atoms with van der Waals surface area (Å²) in [5, 5.41) is 6.06. The number of nitrogens with zero attached hydrogens (tertiary/aromatic N) is 3. The molecule has 0 bridgehead atoms. The normalized spacial score (nSPS) is 16.4. The van der Waals surface area contributed by atoms with Crippen molar-refractivity contribution < 1.29 is 8.42 Å². The highest BCUT2D eigenvalue weighted by Crippen LogP contribution is 2.32. The molecular weight excluding hydrogens is 290 g/mol. The standard InChI is InChI=1S/C13H19N5O2S/c1-17-8-11-12(9-17)15-4-3-13(11)18-6-10(7-18)2-5-16-21(14,19)20/h3-4,8-10,16H,2,5-7H2,1H3,(H2,14,19,20). The van der Waals surface area contributed by atoms with Crippen LogP contribution in [0.25, 0.3) is 10.9 Å². The molecule has 0 atom stereocenters. The minimum Gasteiger partial charge on any atom is -0.370 e. The molecule has 7 nitrogen and oxygen atoms in total. The second-order valence-electron chi connectivity index (χ2n) is 5.55. The van der Waals surface area contributed by atoms with Crippen molar-refractivity contribution in [2.75, 3.05) is 24.5 Å². The monoisotopic (exact) mass is 309 g/mol. The lowest BCUT2D eigenvalue weighted by atomic mass is 9.95. The van der Waals surface area contributed by atoms with Crippen molar-refractivity contribution in [3.63, 3.8) is 0 Å². The minimum absolute atomic E-state index is 0.397. The molecule has 0 radical (unpaired) electrons. The first-order valence-corrected chi connectivity index (χ1v) is 8.40. The van der Waals surface area contributed by atoms with Crippen molar-refractivity contribution in [3.05, 3.63) is 24.7 Å². The maximum Gasteiger partial charge on any atom is 0.274 e. The first-order valence-electron chi connectivity index (χ1n) is 6.85. The van der Waals surface area contributed by atoms with Gasteiger partial charge in [-0.3, -0.25) is 4.98 Å². The predicted octanol–water partition coefficient (Wildman–Crippen LogP) is 0.193. The molecular formula is C13H19N5O2S. The first-order chi connectivity index (χ1) is 9.92. The quantitative estimate of drug-likeness (QED) is 0.824. The molecule has 2 aromatic rings. The fourth-order valence-corrected chi connectivity index (χ4v) is 3.18. The lowest BCUT2D eigenvalue weighted by Crippen LogP contribution is -2.48. The molecule has 3 N–H and O–H groups in total. The number of rotatable bonds is 5. The molecule has 1 fully saturated rings. The van der Waals surface area contributed by atoms with Gasteiger partial charge >= 0.3 is 0 Å². The number of fused-ring (bicyclic) bond motifs is 1. The van der Waals surface area contributed by atoms with Crippen molar-refractivity contribution in [1.82, 2.24) is 14.3 Å². The smallest absolute Gasteiger partial charge is 0.274 e. The summed E-state index contributed by atoms with van der Waals surface area (Å²) in [5.41, 5.74) is 2.19. The van der Waals surface area contributed by atoms with Gasteiger partial charge < -0.3 is 9.47 Å². The van der Waals surface area contributed by atoms with Crippen LogP contribution in [0.2, 0.25) is 0 Å².